The van der Waals surface area contributed by atoms with Crippen LogP contribution in [0.15, 0.2) is 36.0 Å². The van der Waals surface area contributed by atoms with Crippen LogP contribution in [-0.4, -0.2) is 86.1 Å². The summed E-state index contributed by atoms with van der Waals surface area (Å²) in [7, 11) is 1.72. The average Bonchev–Trinajstić information content (AvgIpc) is 3.62. The first kappa shape index (κ1) is 31.3. The fourth-order valence-electron chi connectivity index (χ4n) is 4.96. The van der Waals surface area contributed by atoms with Gasteiger partial charge in [0.1, 0.15) is 6.10 Å². The Morgan fingerprint density at radius 2 is 1.90 bits per heavy atom. The van der Waals surface area contributed by atoms with Crippen molar-refractivity contribution in [2.24, 2.45) is 0 Å². The number of hydrogen-bond acceptors (Lipinski definition) is 7. The minimum absolute atomic E-state index is 0.00948. The molecule has 0 aromatic heterocycles. The Kier molecular flexibility index (Phi) is 11.6. The molecule has 0 aromatic carbocycles. The Balaban J connectivity index is 1.32. The third-order valence-electron chi connectivity index (χ3n) is 7.08. The van der Waals surface area contributed by atoms with Gasteiger partial charge in [0, 0.05) is 38.9 Å². The van der Waals surface area contributed by atoms with Gasteiger partial charge in [0.05, 0.1) is 43.2 Å². The zero-order valence-electron chi connectivity index (χ0n) is 24.6. The molecule has 9 heteroatoms. The number of ether oxygens (including phenoxy) is 5. The first-order chi connectivity index (χ1) is 18.5. The first-order valence-electron chi connectivity index (χ1n) is 14.3. The Labute approximate surface area is 233 Å². The minimum Gasteiger partial charge on any atom is -0.442 e. The van der Waals surface area contributed by atoms with Crippen LogP contribution >= 0.6 is 0 Å². The van der Waals surface area contributed by atoms with Gasteiger partial charge < -0.3 is 33.9 Å². The van der Waals surface area contributed by atoms with Crippen LogP contribution in [0.1, 0.15) is 73.1 Å². The summed E-state index contributed by atoms with van der Waals surface area (Å²) in [6.07, 6.45) is 13.6. The number of amides is 2. The van der Waals surface area contributed by atoms with Gasteiger partial charge in [-0.3, -0.25) is 4.79 Å². The molecule has 0 bridgehead atoms. The summed E-state index contributed by atoms with van der Waals surface area (Å²) in [4.78, 5) is 26.0. The maximum absolute atomic E-state index is 12.3. The van der Waals surface area contributed by atoms with Crippen LogP contribution in [0.3, 0.4) is 0 Å². The number of epoxide rings is 1. The smallest absolute Gasteiger partial charge is 0.410 e. The number of unbranched alkanes of at least 4 members (excludes halogenated alkanes) is 2. The molecule has 3 aliphatic rings. The highest BCUT2D eigenvalue weighted by atomic mass is 16.7. The van der Waals surface area contributed by atoms with Crippen molar-refractivity contribution in [1.82, 2.24) is 10.2 Å². The first-order valence-corrected chi connectivity index (χ1v) is 14.3. The second-order valence-corrected chi connectivity index (χ2v) is 11.7. The lowest BCUT2D eigenvalue weighted by atomic mass is 9.85. The molecule has 0 unspecified atom stereocenters. The van der Waals surface area contributed by atoms with Gasteiger partial charge in [-0.2, -0.15) is 0 Å². The maximum Gasteiger partial charge on any atom is 0.410 e. The fraction of sp³-hybridized carbons (Fsp3) is 0.733. The SMILES string of the molecule is CCCCCN(C)C(=O)O[C@@H](C)/C=C\C(=O)NC1COC(C/C=C(C)/C=C/[C@@H]2C[C@]3(CO3)CC(C)(C)O2)OC1. The molecule has 3 heterocycles. The van der Waals surface area contributed by atoms with Crippen molar-refractivity contribution in [3.63, 3.8) is 0 Å². The van der Waals surface area contributed by atoms with E-state index in [9.17, 15) is 9.59 Å². The van der Waals surface area contributed by atoms with E-state index in [0.29, 0.717) is 26.2 Å². The molecule has 1 spiro atoms. The highest BCUT2D eigenvalue weighted by molar-refractivity contribution is 5.87. The highest BCUT2D eigenvalue weighted by Gasteiger charge is 2.53. The van der Waals surface area contributed by atoms with Gasteiger partial charge in [-0.25, -0.2) is 4.79 Å². The van der Waals surface area contributed by atoms with Crippen LogP contribution in [0.2, 0.25) is 0 Å². The lowest BCUT2D eigenvalue weighted by molar-refractivity contribution is -0.187. The van der Waals surface area contributed by atoms with E-state index in [2.05, 4.69) is 51.2 Å². The molecular weight excluding hydrogens is 500 g/mol. The molecule has 3 atom stereocenters. The van der Waals surface area contributed by atoms with E-state index in [1.807, 2.05) is 0 Å². The molecule has 2 amide bonds. The Hall–Kier alpha value is -2.20. The number of hydrogen-bond donors (Lipinski definition) is 1. The second-order valence-electron chi connectivity index (χ2n) is 11.7. The summed E-state index contributed by atoms with van der Waals surface area (Å²) in [5.41, 5.74) is 0.945. The van der Waals surface area contributed by atoms with Crippen LogP contribution in [0.25, 0.3) is 0 Å². The van der Waals surface area contributed by atoms with Crippen molar-refractivity contribution in [2.45, 2.75) is 109 Å². The summed E-state index contributed by atoms with van der Waals surface area (Å²) in [5.74, 6) is -0.280. The van der Waals surface area contributed by atoms with Gasteiger partial charge in [0.2, 0.25) is 5.91 Å². The Bertz CT molecular complexity index is 895. The summed E-state index contributed by atoms with van der Waals surface area (Å²) < 4.78 is 28.9. The summed E-state index contributed by atoms with van der Waals surface area (Å²) in [5, 5.41) is 2.87. The number of rotatable bonds is 12. The zero-order chi connectivity index (χ0) is 28.5. The predicted octanol–water partition coefficient (Wildman–Crippen LogP) is 4.67. The molecule has 3 saturated heterocycles. The number of nitrogens with one attached hydrogen (secondary N) is 1. The fourth-order valence-corrected chi connectivity index (χ4v) is 4.96. The van der Waals surface area contributed by atoms with E-state index < -0.39 is 12.2 Å². The summed E-state index contributed by atoms with van der Waals surface area (Å²) >= 11 is 0. The second kappa shape index (κ2) is 14.4. The van der Waals surface area contributed by atoms with E-state index in [0.717, 1.165) is 44.3 Å². The van der Waals surface area contributed by atoms with Gasteiger partial charge in [-0.05, 0) is 40.2 Å². The molecule has 0 aliphatic carbocycles. The number of allylic oxidation sites excluding steroid dienone is 2. The monoisotopic (exact) mass is 548 g/mol. The molecule has 220 valence electrons. The molecule has 1 N–H and O–H groups in total. The van der Waals surface area contributed by atoms with E-state index in [-0.39, 0.29) is 35.5 Å². The van der Waals surface area contributed by atoms with Crippen LogP contribution < -0.4 is 5.32 Å². The summed E-state index contributed by atoms with van der Waals surface area (Å²) in [6, 6.07) is -0.241. The average molecular weight is 549 g/mol. The largest absolute Gasteiger partial charge is 0.442 e. The number of carbonyl (C=O) groups excluding carboxylic acids is 2. The third kappa shape index (κ3) is 11.1. The molecule has 3 rings (SSSR count). The van der Waals surface area contributed by atoms with Crippen LogP contribution in [0.4, 0.5) is 4.79 Å². The van der Waals surface area contributed by atoms with Crippen molar-refractivity contribution < 1.29 is 33.3 Å². The number of carbonyl (C=O) groups is 2. The third-order valence-corrected chi connectivity index (χ3v) is 7.08. The minimum atomic E-state index is -0.511. The van der Waals surface area contributed by atoms with Gasteiger partial charge in [0.15, 0.2) is 6.29 Å². The lowest BCUT2D eigenvalue weighted by Crippen LogP contribution is -2.46. The molecule has 0 saturated carbocycles. The number of nitrogens with zero attached hydrogens (tertiary/aromatic N) is 1. The topological polar surface area (TPSA) is 98.9 Å². The van der Waals surface area contributed by atoms with Gasteiger partial charge in [0.25, 0.3) is 0 Å². The quantitative estimate of drug-likeness (QED) is 0.164. The van der Waals surface area contributed by atoms with E-state index in [1.165, 1.54) is 6.08 Å². The Morgan fingerprint density at radius 3 is 2.56 bits per heavy atom. The zero-order valence-corrected chi connectivity index (χ0v) is 24.6. The lowest BCUT2D eigenvalue weighted by Gasteiger charge is -2.38. The molecule has 0 aromatic rings. The molecule has 3 fully saturated rings. The van der Waals surface area contributed by atoms with Crippen LogP contribution in [0, 0.1) is 0 Å². The Morgan fingerprint density at radius 1 is 1.18 bits per heavy atom. The van der Waals surface area contributed by atoms with Gasteiger partial charge in [-0.15, -0.1) is 0 Å². The van der Waals surface area contributed by atoms with E-state index in [1.54, 1.807) is 24.9 Å². The molecular formula is C30H48N2O7. The van der Waals surface area contributed by atoms with Crippen LogP contribution in [-0.2, 0) is 28.5 Å². The maximum atomic E-state index is 12.3. The summed E-state index contributed by atoms with van der Waals surface area (Å²) in [6.45, 7) is 12.4. The molecule has 0 radical (unpaired) electrons. The molecule has 39 heavy (non-hydrogen) atoms. The standard InChI is InChI=1S/C30H48N2O7/c1-7-8-9-16-32(6)28(34)38-23(3)12-14-26(33)31-24-18-35-27(36-19-24)15-11-22(2)10-13-25-17-30(21-37-30)20-29(4,5)39-25/h10-14,23-25,27H,7-9,15-21H2,1-6H3,(H,31,33)/b13-10+,14-12-,22-11+/t23-,24?,25+,27?,30+/m0/s1. The van der Waals surface area contributed by atoms with Crippen LogP contribution in [0.5, 0.6) is 0 Å². The van der Waals surface area contributed by atoms with Gasteiger partial charge >= 0.3 is 6.09 Å². The predicted molar refractivity (Wildman–Crippen MR) is 149 cm³/mol. The van der Waals surface area contributed by atoms with E-state index >= 15 is 0 Å². The molecule has 9 nitrogen and oxygen atoms in total. The van der Waals surface area contributed by atoms with Gasteiger partial charge in [-0.1, -0.05) is 43.6 Å². The van der Waals surface area contributed by atoms with Crippen molar-refractivity contribution >= 4 is 12.0 Å². The van der Waals surface area contributed by atoms with Crippen molar-refractivity contribution in [1.29, 1.82) is 0 Å². The highest BCUT2D eigenvalue weighted by Crippen LogP contribution is 2.46. The normalized spacial score (nSPS) is 29.5. The van der Waals surface area contributed by atoms with E-state index in [4.69, 9.17) is 23.7 Å². The van der Waals surface area contributed by atoms with Crippen molar-refractivity contribution in [2.75, 3.05) is 33.4 Å². The molecule has 3 aliphatic heterocycles. The van der Waals surface area contributed by atoms with Crippen molar-refractivity contribution in [3.05, 3.63) is 36.0 Å². The van der Waals surface area contributed by atoms with Crippen molar-refractivity contribution in [3.8, 4) is 0 Å².